The van der Waals surface area contributed by atoms with Crippen LogP contribution in [0.2, 0.25) is 0 Å². The highest BCUT2D eigenvalue weighted by atomic mass is 16.3. The molecule has 0 fully saturated rings. The van der Waals surface area contributed by atoms with Crippen LogP contribution in [-0.4, -0.2) is 29.9 Å². The first-order valence-electron chi connectivity index (χ1n) is 2.69. The molecule has 4 nitrogen and oxygen atoms in total. The number of likely N-dealkylation sites (N-methyl/N-ethyl adjacent to an activating group) is 1. The van der Waals surface area contributed by atoms with E-state index in [1.807, 2.05) is 0 Å². The number of rotatable bonds is 3. The van der Waals surface area contributed by atoms with E-state index in [9.17, 15) is 9.59 Å². The van der Waals surface area contributed by atoms with Crippen LogP contribution in [0, 0.1) is 0 Å². The average molecular weight is 143 g/mol. The summed E-state index contributed by atoms with van der Waals surface area (Å²) in [6, 6.07) is 0. The molecule has 0 aromatic heterocycles. The van der Waals surface area contributed by atoms with E-state index in [1.165, 1.54) is 7.05 Å². The summed E-state index contributed by atoms with van der Waals surface area (Å²) >= 11 is 0. The van der Waals surface area contributed by atoms with Crippen molar-refractivity contribution < 1.29 is 14.7 Å². The van der Waals surface area contributed by atoms with E-state index in [-0.39, 0.29) is 0 Å². The molecule has 10 heavy (non-hydrogen) atoms. The maximum atomic E-state index is 10.5. The van der Waals surface area contributed by atoms with Gasteiger partial charge in [-0.15, -0.1) is 0 Å². The summed E-state index contributed by atoms with van der Waals surface area (Å²) in [5.41, 5.74) is 0. The highest BCUT2D eigenvalue weighted by Gasteiger charge is 2.18. The Morgan fingerprint density at radius 3 is 2.50 bits per heavy atom. The molecule has 0 aliphatic heterocycles. The molecule has 2 N–H and O–H groups in total. The summed E-state index contributed by atoms with van der Waals surface area (Å²) in [4.78, 5) is 21.0. The fourth-order valence-corrected chi connectivity index (χ4v) is 0.378. The number of hydrogen-bond acceptors (Lipinski definition) is 3. The summed E-state index contributed by atoms with van der Waals surface area (Å²) in [6.07, 6.45) is -0.706. The zero-order chi connectivity index (χ0) is 8.15. The zero-order valence-corrected chi connectivity index (χ0v) is 5.63. The Labute approximate surface area is 58.5 Å². The summed E-state index contributed by atoms with van der Waals surface area (Å²) in [7, 11) is 1.34. The number of nitrogens with one attached hydrogen (secondary N) is 1. The molecule has 0 aliphatic rings. The minimum atomic E-state index is -1.61. The van der Waals surface area contributed by atoms with Gasteiger partial charge in [0.2, 0.25) is 0 Å². The molecule has 0 radical (unpaired) electrons. The Morgan fingerprint density at radius 2 is 2.20 bits per heavy atom. The molecule has 0 saturated heterocycles. The topological polar surface area (TPSA) is 66.4 Å². The molecule has 0 rings (SSSR count). The first-order chi connectivity index (χ1) is 4.63. The molecule has 0 saturated carbocycles. The van der Waals surface area contributed by atoms with E-state index in [0.717, 1.165) is 6.08 Å². The maximum absolute atomic E-state index is 10.5. The molecule has 1 unspecified atom stereocenters. The fraction of sp³-hybridized carbons (Fsp3) is 0.333. The van der Waals surface area contributed by atoms with Gasteiger partial charge < -0.3 is 10.4 Å². The van der Waals surface area contributed by atoms with Crippen LogP contribution in [0.5, 0.6) is 0 Å². The molecule has 1 atom stereocenters. The van der Waals surface area contributed by atoms with Gasteiger partial charge in [0.05, 0.1) is 0 Å². The smallest absolute Gasteiger partial charge is 0.256 e. The van der Waals surface area contributed by atoms with Gasteiger partial charge in [-0.05, 0) is 6.08 Å². The lowest BCUT2D eigenvalue weighted by molar-refractivity contribution is -0.136. The van der Waals surface area contributed by atoms with Crippen LogP contribution in [-0.2, 0) is 9.59 Å². The van der Waals surface area contributed by atoms with Gasteiger partial charge in [-0.1, -0.05) is 6.58 Å². The van der Waals surface area contributed by atoms with E-state index in [0.29, 0.717) is 0 Å². The van der Waals surface area contributed by atoms with E-state index < -0.39 is 17.8 Å². The van der Waals surface area contributed by atoms with Crippen molar-refractivity contribution in [3.8, 4) is 0 Å². The van der Waals surface area contributed by atoms with Gasteiger partial charge in [-0.25, -0.2) is 0 Å². The second-order valence-electron chi connectivity index (χ2n) is 1.62. The van der Waals surface area contributed by atoms with Crippen LogP contribution in [0.15, 0.2) is 12.7 Å². The average Bonchev–Trinajstić information content (AvgIpc) is 2.00. The summed E-state index contributed by atoms with van der Waals surface area (Å²) in [6.45, 7) is 3.11. The lowest BCUT2D eigenvalue weighted by Crippen LogP contribution is -2.36. The molecule has 0 bridgehead atoms. The number of aliphatic hydroxyl groups is 1. The first kappa shape index (κ1) is 8.84. The summed E-state index contributed by atoms with van der Waals surface area (Å²) in [5.74, 6) is -1.41. The molecule has 0 aliphatic carbocycles. The molecule has 0 aromatic carbocycles. The van der Waals surface area contributed by atoms with Crippen molar-refractivity contribution in [3.05, 3.63) is 12.7 Å². The normalized spacial score (nSPS) is 11.8. The second kappa shape index (κ2) is 3.79. The van der Waals surface area contributed by atoms with Gasteiger partial charge in [-0.2, -0.15) is 0 Å². The van der Waals surface area contributed by atoms with Gasteiger partial charge >= 0.3 is 0 Å². The minimum absolute atomic E-state index is 0.695. The van der Waals surface area contributed by atoms with Gasteiger partial charge in [-0.3, -0.25) is 9.59 Å². The van der Waals surface area contributed by atoms with Crippen molar-refractivity contribution in [3.63, 3.8) is 0 Å². The largest absolute Gasteiger partial charge is 0.376 e. The first-order valence-corrected chi connectivity index (χ1v) is 2.69. The molecule has 0 aromatic rings. The van der Waals surface area contributed by atoms with Crippen LogP contribution in [0.4, 0.5) is 0 Å². The van der Waals surface area contributed by atoms with Crippen molar-refractivity contribution in [2.75, 3.05) is 7.05 Å². The summed E-state index contributed by atoms with van der Waals surface area (Å²) in [5, 5.41) is 10.9. The van der Waals surface area contributed by atoms with Crippen LogP contribution in [0.25, 0.3) is 0 Å². The molecule has 1 amide bonds. The van der Waals surface area contributed by atoms with Crippen molar-refractivity contribution in [2.45, 2.75) is 6.10 Å². The Hall–Kier alpha value is -1.16. The standard InChI is InChI=1S/C6H9NO3/c1-3-4(8)5(9)6(10)7-2/h3,5,9H,1H2,2H3,(H,7,10). The Bertz CT molecular complexity index is 164. The van der Waals surface area contributed by atoms with Gasteiger partial charge in [0.25, 0.3) is 5.91 Å². The predicted molar refractivity (Wildman–Crippen MR) is 35.3 cm³/mol. The minimum Gasteiger partial charge on any atom is -0.376 e. The third-order valence-corrected chi connectivity index (χ3v) is 0.965. The number of amides is 1. The van der Waals surface area contributed by atoms with Crippen LogP contribution < -0.4 is 5.32 Å². The zero-order valence-electron chi connectivity index (χ0n) is 5.63. The van der Waals surface area contributed by atoms with Gasteiger partial charge in [0, 0.05) is 7.05 Å². The lowest BCUT2D eigenvalue weighted by Gasteiger charge is -2.02. The van der Waals surface area contributed by atoms with E-state index >= 15 is 0 Å². The SMILES string of the molecule is C=CC(=O)C(O)C(=O)NC. The van der Waals surface area contributed by atoms with Gasteiger partial charge in [0.1, 0.15) is 0 Å². The maximum Gasteiger partial charge on any atom is 0.256 e. The molecular weight excluding hydrogens is 134 g/mol. The molecule has 4 heteroatoms. The Balaban J connectivity index is 4.06. The van der Waals surface area contributed by atoms with E-state index in [2.05, 4.69) is 11.9 Å². The van der Waals surface area contributed by atoms with E-state index in [1.54, 1.807) is 0 Å². The van der Waals surface area contributed by atoms with Crippen molar-refractivity contribution >= 4 is 11.7 Å². The number of carbonyl (C=O) groups excluding carboxylic acids is 2. The van der Waals surface area contributed by atoms with E-state index in [4.69, 9.17) is 5.11 Å². The number of aliphatic hydroxyl groups excluding tert-OH is 1. The quantitative estimate of drug-likeness (QED) is 0.387. The van der Waals surface area contributed by atoms with Crippen LogP contribution in [0.1, 0.15) is 0 Å². The van der Waals surface area contributed by atoms with Crippen molar-refractivity contribution in [2.24, 2.45) is 0 Å². The number of carbonyl (C=O) groups is 2. The molecular formula is C6H9NO3. The monoisotopic (exact) mass is 143 g/mol. The third kappa shape index (κ3) is 1.99. The molecule has 0 heterocycles. The highest BCUT2D eigenvalue weighted by Crippen LogP contribution is 1.85. The van der Waals surface area contributed by atoms with Crippen molar-refractivity contribution in [1.29, 1.82) is 0 Å². The van der Waals surface area contributed by atoms with Crippen LogP contribution in [0.3, 0.4) is 0 Å². The number of ketones is 1. The van der Waals surface area contributed by atoms with Crippen molar-refractivity contribution in [1.82, 2.24) is 5.32 Å². The molecule has 56 valence electrons. The predicted octanol–water partition coefficient (Wildman–Crippen LogP) is -1.15. The Morgan fingerprint density at radius 1 is 1.70 bits per heavy atom. The molecule has 0 spiro atoms. The Kier molecular flexibility index (Phi) is 3.35. The fourth-order valence-electron chi connectivity index (χ4n) is 0.378. The highest BCUT2D eigenvalue weighted by molar-refractivity contribution is 6.08. The van der Waals surface area contributed by atoms with Gasteiger partial charge in [0.15, 0.2) is 11.9 Å². The lowest BCUT2D eigenvalue weighted by atomic mass is 10.2. The third-order valence-electron chi connectivity index (χ3n) is 0.965. The number of hydrogen-bond donors (Lipinski definition) is 2. The van der Waals surface area contributed by atoms with Crippen LogP contribution >= 0.6 is 0 Å². The summed E-state index contributed by atoms with van der Waals surface area (Å²) < 4.78 is 0. The second-order valence-corrected chi connectivity index (χ2v) is 1.62.